The third-order valence-electron chi connectivity index (χ3n) is 3.16. The van der Waals surface area contributed by atoms with Gasteiger partial charge in [-0.15, -0.1) is 0 Å². The van der Waals surface area contributed by atoms with Crippen molar-refractivity contribution in [2.24, 2.45) is 0 Å². The SMILES string of the molecule is Cc1ccc(N)c2c1ccc1ccccc12. The summed E-state index contributed by atoms with van der Waals surface area (Å²) in [5.74, 6) is 0. The van der Waals surface area contributed by atoms with Gasteiger partial charge in [0, 0.05) is 11.1 Å². The molecular formula is C15H13N. The van der Waals surface area contributed by atoms with Crippen molar-refractivity contribution in [1.82, 2.24) is 0 Å². The lowest BCUT2D eigenvalue weighted by atomic mass is 9.98. The molecule has 0 amide bonds. The largest absolute Gasteiger partial charge is 0.398 e. The molecule has 3 aromatic rings. The molecule has 0 spiro atoms. The van der Waals surface area contributed by atoms with Gasteiger partial charge in [-0.3, -0.25) is 0 Å². The molecule has 0 aliphatic rings. The van der Waals surface area contributed by atoms with Crippen LogP contribution in [0.3, 0.4) is 0 Å². The summed E-state index contributed by atoms with van der Waals surface area (Å²) in [5.41, 5.74) is 8.22. The Morgan fingerprint density at radius 2 is 1.62 bits per heavy atom. The predicted molar refractivity (Wildman–Crippen MR) is 70.6 cm³/mol. The van der Waals surface area contributed by atoms with E-state index in [1.54, 1.807) is 0 Å². The Morgan fingerprint density at radius 1 is 0.812 bits per heavy atom. The van der Waals surface area contributed by atoms with Crippen LogP contribution in [0, 0.1) is 6.92 Å². The number of hydrogen-bond acceptors (Lipinski definition) is 1. The van der Waals surface area contributed by atoms with E-state index in [1.807, 2.05) is 6.07 Å². The lowest BCUT2D eigenvalue weighted by Crippen LogP contribution is -1.89. The normalized spacial score (nSPS) is 11.1. The van der Waals surface area contributed by atoms with Crippen LogP contribution in [-0.4, -0.2) is 0 Å². The number of nitrogen functional groups attached to an aromatic ring is 1. The van der Waals surface area contributed by atoms with Crippen LogP contribution in [0.25, 0.3) is 21.5 Å². The van der Waals surface area contributed by atoms with Gasteiger partial charge in [-0.1, -0.05) is 42.5 Å². The molecule has 0 atom stereocenters. The number of fused-ring (bicyclic) bond motifs is 3. The molecule has 78 valence electrons. The van der Waals surface area contributed by atoms with Crippen LogP contribution in [0.5, 0.6) is 0 Å². The van der Waals surface area contributed by atoms with Crippen molar-refractivity contribution in [2.45, 2.75) is 6.92 Å². The maximum atomic E-state index is 6.09. The number of anilines is 1. The zero-order valence-corrected chi connectivity index (χ0v) is 9.20. The van der Waals surface area contributed by atoms with Gasteiger partial charge >= 0.3 is 0 Å². The van der Waals surface area contributed by atoms with Crippen molar-refractivity contribution in [3.8, 4) is 0 Å². The van der Waals surface area contributed by atoms with Gasteiger partial charge in [0.05, 0.1) is 0 Å². The van der Waals surface area contributed by atoms with E-state index in [4.69, 9.17) is 5.73 Å². The second-order valence-electron chi connectivity index (χ2n) is 4.18. The van der Waals surface area contributed by atoms with E-state index in [-0.39, 0.29) is 0 Å². The van der Waals surface area contributed by atoms with E-state index in [1.165, 1.54) is 27.1 Å². The van der Waals surface area contributed by atoms with Crippen LogP contribution in [0.4, 0.5) is 5.69 Å². The maximum absolute atomic E-state index is 6.09. The minimum Gasteiger partial charge on any atom is -0.398 e. The quantitative estimate of drug-likeness (QED) is 0.439. The van der Waals surface area contributed by atoms with Gasteiger partial charge < -0.3 is 5.73 Å². The molecule has 2 N–H and O–H groups in total. The van der Waals surface area contributed by atoms with E-state index in [0.29, 0.717) is 0 Å². The minimum atomic E-state index is 0.859. The van der Waals surface area contributed by atoms with Gasteiger partial charge in [-0.25, -0.2) is 0 Å². The fourth-order valence-corrected chi connectivity index (χ4v) is 2.30. The highest BCUT2D eigenvalue weighted by Gasteiger charge is 2.04. The Balaban J connectivity index is 2.64. The van der Waals surface area contributed by atoms with Crippen LogP contribution in [-0.2, 0) is 0 Å². The molecule has 0 aliphatic carbocycles. The molecule has 0 saturated carbocycles. The van der Waals surface area contributed by atoms with Gasteiger partial charge in [0.15, 0.2) is 0 Å². The lowest BCUT2D eigenvalue weighted by molar-refractivity contribution is 1.54. The van der Waals surface area contributed by atoms with E-state index < -0.39 is 0 Å². The van der Waals surface area contributed by atoms with E-state index in [9.17, 15) is 0 Å². The van der Waals surface area contributed by atoms with Crippen LogP contribution < -0.4 is 5.73 Å². The molecular weight excluding hydrogens is 194 g/mol. The number of rotatable bonds is 0. The van der Waals surface area contributed by atoms with Gasteiger partial charge in [-0.05, 0) is 34.7 Å². The second-order valence-corrected chi connectivity index (χ2v) is 4.18. The van der Waals surface area contributed by atoms with Crippen molar-refractivity contribution in [2.75, 3.05) is 5.73 Å². The highest BCUT2D eigenvalue weighted by molar-refractivity contribution is 6.13. The molecule has 0 fully saturated rings. The summed E-state index contributed by atoms with van der Waals surface area (Å²) in [6.45, 7) is 2.12. The summed E-state index contributed by atoms with van der Waals surface area (Å²) in [7, 11) is 0. The molecule has 0 radical (unpaired) electrons. The molecule has 0 aliphatic heterocycles. The van der Waals surface area contributed by atoms with Crippen LogP contribution in [0.2, 0.25) is 0 Å². The summed E-state index contributed by atoms with van der Waals surface area (Å²) in [5, 5.41) is 4.91. The third-order valence-corrected chi connectivity index (χ3v) is 3.16. The number of aryl methyl sites for hydroxylation is 1. The third kappa shape index (κ3) is 1.18. The molecule has 3 aromatic carbocycles. The Morgan fingerprint density at radius 3 is 2.50 bits per heavy atom. The minimum absolute atomic E-state index is 0.859. The van der Waals surface area contributed by atoms with E-state index >= 15 is 0 Å². The van der Waals surface area contributed by atoms with Gasteiger partial charge in [0.1, 0.15) is 0 Å². The summed E-state index contributed by atoms with van der Waals surface area (Å²) in [4.78, 5) is 0. The Hall–Kier alpha value is -2.02. The van der Waals surface area contributed by atoms with Crippen LogP contribution >= 0.6 is 0 Å². The van der Waals surface area contributed by atoms with Crippen LogP contribution in [0.15, 0.2) is 48.5 Å². The standard InChI is InChI=1S/C15H13N/c1-10-6-9-14(16)15-12(10)8-7-11-4-2-3-5-13(11)15/h2-9H,16H2,1H3. The monoisotopic (exact) mass is 207 g/mol. The highest BCUT2D eigenvalue weighted by Crippen LogP contribution is 2.31. The Bertz CT molecular complexity index is 683. The molecule has 0 unspecified atom stereocenters. The number of benzene rings is 3. The van der Waals surface area contributed by atoms with Crippen molar-refractivity contribution in [3.05, 3.63) is 54.1 Å². The molecule has 0 saturated heterocycles. The fourth-order valence-electron chi connectivity index (χ4n) is 2.30. The first-order valence-corrected chi connectivity index (χ1v) is 5.44. The van der Waals surface area contributed by atoms with Gasteiger partial charge in [0.25, 0.3) is 0 Å². The fraction of sp³-hybridized carbons (Fsp3) is 0.0667. The predicted octanol–water partition coefficient (Wildman–Crippen LogP) is 3.88. The molecule has 3 rings (SSSR count). The average molecular weight is 207 g/mol. The maximum Gasteiger partial charge on any atom is 0.0400 e. The van der Waals surface area contributed by atoms with Crippen molar-refractivity contribution in [1.29, 1.82) is 0 Å². The van der Waals surface area contributed by atoms with Crippen molar-refractivity contribution in [3.63, 3.8) is 0 Å². The molecule has 1 heteroatoms. The Kier molecular flexibility index (Phi) is 1.87. The first-order valence-electron chi connectivity index (χ1n) is 5.44. The first kappa shape index (κ1) is 9.22. The molecule has 0 bridgehead atoms. The van der Waals surface area contributed by atoms with E-state index in [0.717, 1.165) is 5.69 Å². The molecule has 16 heavy (non-hydrogen) atoms. The van der Waals surface area contributed by atoms with Crippen molar-refractivity contribution < 1.29 is 0 Å². The zero-order chi connectivity index (χ0) is 11.1. The van der Waals surface area contributed by atoms with Gasteiger partial charge in [-0.2, -0.15) is 0 Å². The van der Waals surface area contributed by atoms with E-state index in [2.05, 4.69) is 49.4 Å². The van der Waals surface area contributed by atoms with Crippen LogP contribution in [0.1, 0.15) is 5.56 Å². The first-order chi connectivity index (χ1) is 7.77. The molecule has 1 nitrogen and oxygen atoms in total. The second kappa shape index (κ2) is 3.24. The summed E-state index contributed by atoms with van der Waals surface area (Å²) in [6, 6.07) is 16.7. The zero-order valence-electron chi connectivity index (χ0n) is 9.20. The highest BCUT2D eigenvalue weighted by atomic mass is 14.5. The smallest absolute Gasteiger partial charge is 0.0400 e. The average Bonchev–Trinajstić information content (AvgIpc) is 2.33. The summed E-state index contributed by atoms with van der Waals surface area (Å²) in [6.07, 6.45) is 0. The van der Waals surface area contributed by atoms with Gasteiger partial charge in [0.2, 0.25) is 0 Å². The Labute approximate surface area is 94.5 Å². The topological polar surface area (TPSA) is 26.0 Å². The lowest BCUT2D eigenvalue weighted by Gasteiger charge is -2.08. The summed E-state index contributed by atoms with van der Waals surface area (Å²) < 4.78 is 0. The number of nitrogens with two attached hydrogens (primary N) is 1. The van der Waals surface area contributed by atoms with Crippen molar-refractivity contribution >= 4 is 27.2 Å². The summed E-state index contributed by atoms with van der Waals surface area (Å²) >= 11 is 0. The number of hydrogen-bond donors (Lipinski definition) is 1. The molecule has 0 heterocycles. The molecule has 0 aromatic heterocycles.